The summed E-state index contributed by atoms with van der Waals surface area (Å²) in [6, 6.07) is 0. The number of unbranched alkanes of at least 4 members (excludes halogenated alkanes) is 6. The number of aryl methyl sites for hydroxylation is 1. The van der Waals surface area contributed by atoms with Gasteiger partial charge in [0.05, 0.1) is 20.3 Å². The Labute approximate surface area is 163 Å². The van der Waals surface area contributed by atoms with E-state index in [0.717, 1.165) is 25.7 Å². The molecule has 0 aliphatic rings. The highest BCUT2D eigenvalue weighted by Gasteiger charge is 2.08. The molecule has 1 heterocycles. The lowest BCUT2D eigenvalue weighted by atomic mass is 10.1. The Hall–Kier alpha value is -1.45. The van der Waals surface area contributed by atoms with E-state index in [0.29, 0.717) is 19.6 Å². The number of hydrogen-bond donors (Lipinski definition) is 0. The number of rotatable bonds is 13. The average molecular weight is 407 g/mol. The van der Waals surface area contributed by atoms with Crippen LogP contribution in [-0.2, 0) is 37.7 Å². The topological polar surface area (TPSA) is 102 Å². The maximum absolute atomic E-state index is 11.2. The van der Waals surface area contributed by atoms with Crippen molar-refractivity contribution in [3.05, 3.63) is 18.7 Å². The van der Waals surface area contributed by atoms with Gasteiger partial charge in [-0.1, -0.05) is 52.4 Å². The largest absolute Gasteiger partial charge is 0.726 e. The summed E-state index contributed by atoms with van der Waals surface area (Å²) in [4.78, 5) is 11.2. The Balaban J connectivity index is 0.000000503. The number of aromatic nitrogens is 2. The Kier molecular flexibility index (Phi) is 14.8. The van der Waals surface area contributed by atoms with Crippen molar-refractivity contribution in [3.8, 4) is 0 Å². The van der Waals surface area contributed by atoms with E-state index in [-0.39, 0.29) is 12.6 Å². The van der Waals surface area contributed by atoms with Crippen LogP contribution in [0.3, 0.4) is 0 Å². The molecule has 0 amide bonds. The van der Waals surface area contributed by atoms with Crippen LogP contribution in [0.5, 0.6) is 0 Å². The van der Waals surface area contributed by atoms with Crippen molar-refractivity contribution in [1.82, 2.24) is 4.57 Å². The van der Waals surface area contributed by atoms with Crippen LogP contribution < -0.4 is 4.57 Å². The molecule has 1 aromatic rings. The number of carbonyl (C=O) groups is 1. The van der Waals surface area contributed by atoms with Gasteiger partial charge in [0, 0.05) is 0 Å². The van der Waals surface area contributed by atoms with Gasteiger partial charge in [-0.2, -0.15) is 0 Å². The summed E-state index contributed by atoms with van der Waals surface area (Å²) in [6.07, 6.45) is 13.8. The second-order valence-electron chi connectivity index (χ2n) is 6.32. The van der Waals surface area contributed by atoms with Gasteiger partial charge >= 0.3 is 5.97 Å². The van der Waals surface area contributed by atoms with Crippen LogP contribution in [0.1, 0.15) is 65.2 Å². The lowest BCUT2D eigenvalue weighted by molar-refractivity contribution is -0.671. The summed E-state index contributed by atoms with van der Waals surface area (Å²) in [5.74, 6) is -0.172. The number of ether oxygens (including phenoxy) is 1. The monoisotopic (exact) mass is 406 g/mol. The maximum Gasteiger partial charge on any atom is 0.348 e. The molecule has 0 aromatic carbocycles. The summed E-state index contributed by atoms with van der Waals surface area (Å²) in [5, 5.41) is 0. The van der Waals surface area contributed by atoms with Gasteiger partial charge in [-0.15, -0.1) is 0 Å². The molecular weight excluding hydrogens is 372 g/mol. The molecule has 8 nitrogen and oxygen atoms in total. The lowest BCUT2D eigenvalue weighted by Crippen LogP contribution is -2.24. The molecule has 1 rings (SSSR count). The van der Waals surface area contributed by atoms with E-state index in [1.165, 1.54) is 19.3 Å². The van der Waals surface area contributed by atoms with Crippen LogP contribution in [-0.4, -0.2) is 36.7 Å². The third kappa shape index (κ3) is 17.7. The summed E-state index contributed by atoms with van der Waals surface area (Å²) in [5.41, 5.74) is 0. The summed E-state index contributed by atoms with van der Waals surface area (Å²) < 4.78 is 42.7. The van der Waals surface area contributed by atoms with Crippen LogP contribution in [0, 0.1) is 0 Å². The fourth-order valence-electron chi connectivity index (χ4n) is 2.16. The summed E-state index contributed by atoms with van der Waals surface area (Å²) in [6.45, 7) is 5.05. The van der Waals surface area contributed by atoms with E-state index < -0.39 is 10.4 Å². The molecular formula is C18H34N2O6S. The fourth-order valence-corrected chi connectivity index (χ4v) is 2.49. The SMILES string of the molecule is CCCCCCCCOS(=O)(=O)[O-].CCCCOC(=O)Cn1cc[n+](C)c1. The molecule has 158 valence electrons. The van der Waals surface area contributed by atoms with E-state index in [9.17, 15) is 17.8 Å². The van der Waals surface area contributed by atoms with Gasteiger partial charge in [0.25, 0.3) is 0 Å². The smallest absolute Gasteiger partial charge is 0.348 e. The van der Waals surface area contributed by atoms with Gasteiger partial charge in [-0.05, 0) is 12.8 Å². The van der Waals surface area contributed by atoms with E-state index >= 15 is 0 Å². The predicted octanol–water partition coefficient (Wildman–Crippen LogP) is 2.48. The Morgan fingerprint density at radius 2 is 1.67 bits per heavy atom. The first-order chi connectivity index (χ1) is 12.8. The lowest BCUT2D eigenvalue weighted by Gasteiger charge is -2.06. The number of hydrogen-bond acceptors (Lipinski definition) is 6. The number of imidazole rings is 1. The minimum absolute atomic E-state index is 0.0258. The molecule has 0 bridgehead atoms. The molecule has 0 unspecified atom stereocenters. The fraction of sp³-hybridized carbons (Fsp3) is 0.778. The van der Waals surface area contributed by atoms with Gasteiger partial charge in [-0.25, -0.2) is 22.3 Å². The first kappa shape index (κ1) is 25.6. The van der Waals surface area contributed by atoms with Crippen LogP contribution in [0.15, 0.2) is 18.7 Å². The van der Waals surface area contributed by atoms with E-state index in [1.54, 1.807) is 4.57 Å². The van der Waals surface area contributed by atoms with Crippen LogP contribution in [0.2, 0.25) is 0 Å². The summed E-state index contributed by atoms with van der Waals surface area (Å²) in [7, 11) is -2.56. The number of nitrogens with zero attached hydrogens (tertiary/aromatic N) is 2. The highest BCUT2D eigenvalue weighted by molar-refractivity contribution is 7.80. The number of carbonyl (C=O) groups excluding carboxylic acids is 1. The molecule has 0 aliphatic carbocycles. The van der Waals surface area contributed by atoms with Crippen LogP contribution in [0.25, 0.3) is 0 Å². The second kappa shape index (κ2) is 15.6. The highest BCUT2D eigenvalue weighted by Crippen LogP contribution is 2.05. The maximum atomic E-state index is 11.2. The van der Waals surface area contributed by atoms with E-state index in [4.69, 9.17) is 4.74 Å². The van der Waals surface area contributed by atoms with E-state index in [1.807, 2.05) is 30.3 Å². The number of esters is 1. The standard InChI is InChI=1S/C10H17N2O2.C8H18O4S/c1-3-4-7-14-10(13)8-12-6-5-11(2)9-12;1-2-3-4-5-6-7-8-12-13(9,10)11/h5-6,9H,3-4,7-8H2,1-2H3;2-8H2,1H3,(H,9,10,11)/q+1;/p-1. The van der Waals surface area contributed by atoms with E-state index in [2.05, 4.69) is 18.0 Å². The molecule has 0 aliphatic heterocycles. The Morgan fingerprint density at radius 3 is 2.22 bits per heavy atom. The van der Waals surface area contributed by atoms with Crippen molar-refractivity contribution in [1.29, 1.82) is 0 Å². The van der Waals surface area contributed by atoms with Gasteiger partial charge in [0.1, 0.15) is 12.4 Å². The molecule has 0 N–H and O–H groups in total. The molecule has 0 saturated carbocycles. The zero-order valence-corrected chi connectivity index (χ0v) is 17.6. The second-order valence-corrected chi connectivity index (χ2v) is 7.38. The molecule has 0 fully saturated rings. The quantitative estimate of drug-likeness (QED) is 0.164. The third-order valence-corrected chi connectivity index (χ3v) is 4.08. The minimum atomic E-state index is -4.47. The average Bonchev–Trinajstić information content (AvgIpc) is 2.99. The molecule has 0 radical (unpaired) electrons. The van der Waals surface area contributed by atoms with Crippen molar-refractivity contribution in [2.75, 3.05) is 13.2 Å². The molecule has 1 aromatic heterocycles. The molecule has 0 atom stereocenters. The van der Waals surface area contributed by atoms with Crippen molar-refractivity contribution >= 4 is 16.4 Å². The van der Waals surface area contributed by atoms with Crippen LogP contribution in [0.4, 0.5) is 0 Å². The van der Waals surface area contributed by atoms with Crippen LogP contribution >= 0.6 is 0 Å². The zero-order valence-electron chi connectivity index (χ0n) is 16.8. The van der Waals surface area contributed by atoms with Crippen molar-refractivity contribution in [3.63, 3.8) is 0 Å². The highest BCUT2D eigenvalue weighted by atomic mass is 32.3. The van der Waals surface area contributed by atoms with Crippen molar-refractivity contribution < 1.29 is 31.3 Å². The Bertz CT molecular complexity index is 601. The first-order valence-corrected chi connectivity index (χ1v) is 10.9. The zero-order chi connectivity index (χ0) is 20.5. The molecule has 0 spiro atoms. The third-order valence-electron chi connectivity index (χ3n) is 3.62. The first-order valence-electron chi connectivity index (χ1n) is 9.55. The summed E-state index contributed by atoms with van der Waals surface area (Å²) >= 11 is 0. The normalized spacial score (nSPS) is 11.0. The van der Waals surface area contributed by atoms with Gasteiger partial charge in [0.2, 0.25) is 16.7 Å². The molecule has 27 heavy (non-hydrogen) atoms. The van der Waals surface area contributed by atoms with Gasteiger partial charge in [0.15, 0.2) is 6.54 Å². The van der Waals surface area contributed by atoms with Gasteiger partial charge < -0.3 is 9.29 Å². The van der Waals surface area contributed by atoms with Crippen molar-refractivity contribution in [2.24, 2.45) is 7.05 Å². The molecule has 0 saturated heterocycles. The molecule has 9 heteroatoms. The predicted molar refractivity (Wildman–Crippen MR) is 101 cm³/mol. The minimum Gasteiger partial charge on any atom is -0.726 e. The van der Waals surface area contributed by atoms with Crippen molar-refractivity contribution in [2.45, 2.75) is 71.8 Å². The Morgan fingerprint density at radius 1 is 1.04 bits per heavy atom. The van der Waals surface area contributed by atoms with Gasteiger partial charge in [-0.3, -0.25) is 4.18 Å².